The Balaban J connectivity index is 1.30. The molecule has 1 amide bonds. The highest BCUT2D eigenvalue weighted by Gasteiger charge is 2.41. The van der Waals surface area contributed by atoms with Crippen LogP contribution in [-0.2, 0) is 26.8 Å². The van der Waals surface area contributed by atoms with Crippen LogP contribution in [0.25, 0.3) is 0 Å². The first-order valence-corrected chi connectivity index (χ1v) is 13.0. The number of rotatable bonds is 7. The predicted octanol–water partition coefficient (Wildman–Crippen LogP) is 4.82. The zero-order valence-corrected chi connectivity index (χ0v) is 20.5. The first kappa shape index (κ1) is 23.6. The van der Waals surface area contributed by atoms with E-state index in [9.17, 15) is 13.2 Å². The van der Waals surface area contributed by atoms with Gasteiger partial charge in [-0.15, -0.1) is 0 Å². The Morgan fingerprint density at radius 3 is 2.33 bits per heavy atom. The Hall–Kier alpha value is -4.17. The van der Waals surface area contributed by atoms with Gasteiger partial charge in [0.1, 0.15) is 0 Å². The van der Waals surface area contributed by atoms with Gasteiger partial charge in [-0.25, -0.2) is 8.42 Å². The summed E-state index contributed by atoms with van der Waals surface area (Å²) in [7, 11) is -3.73. The number of hydrogen-bond donors (Lipinski definition) is 2. The first-order chi connectivity index (χ1) is 17.4. The summed E-state index contributed by atoms with van der Waals surface area (Å²) in [6.45, 7) is 2.27. The number of amides is 1. The topological polar surface area (TPSA) is 101 Å². The predicted molar refractivity (Wildman–Crippen MR) is 136 cm³/mol. The number of carbonyl (C=O) groups is 1. The van der Waals surface area contributed by atoms with Crippen molar-refractivity contribution in [3.8, 4) is 0 Å². The fraction of sp³-hybridized carbons (Fsp3) is 0.143. The molecule has 0 aliphatic carbocycles. The lowest BCUT2D eigenvalue weighted by Crippen LogP contribution is -2.24. The molecule has 2 heterocycles. The summed E-state index contributed by atoms with van der Waals surface area (Å²) in [4.78, 5) is 21.6. The molecule has 5 rings (SSSR count). The molecule has 0 saturated carbocycles. The minimum atomic E-state index is -3.73. The van der Waals surface area contributed by atoms with E-state index in [2.05, 4.69) is 15.5 Å². The molecule has 2 N–H and O–H groups in total. The molecule has 0 radical (unpaired) electrons. The number of aromatic nitrogens is 1. The molecule has 0 saturated heterocycles. The Morgan fingerprint density at radius 2 is 1.64 bits per heavy atom. The SMILES string of the molecule is CC1(c2c[nH]cc2S(=O)(=O)c2ccccc2)CC(c2ccc(C(=O)NCc3ccccc3)cc2)=NO1. The molecule has 3 aromatic carbocycles. The molecule has 8 heteroatoms. The van der Waals surface area contributed by atoms with E-state index in [1.807, 2.05) is 49.4 Å². The van der Waals surface area contributed by atoms with Crippen molar-refractivity contribution in [3.63, 3.8) is 0 Å². The van der Waals surface area contributed by atoms with Crippen LogP contribution >= 0.6 is 0 Å². The van der Waals surface area contributed by atoms with E-state index >= 15 is 0 Å². The molecule has 0 fully saturated rings. The van der Waals surface area contributed by atoms with Crippen LogP contribution in [0.1, 0.15) is 40.4 Å². The Kier molecular flexibility index (Phi) is 6.20. The van der Waals surface area contributed by atoms with Crippen LogP contribution in [0.2, 0.25) is 0 Å². The normalized spacial score (nSPS) is 17.3. The van der Waals surface area contributed by atoms with Gasteiger partial charge in [0, 0.05) is 36.5 Å². The van der Waals surface area contributed by atoms with Gasteiger partial charge in [0.2, 0.25) is 9.84 Å². The van der Waals surface area contributed by atoms with Gasteiger partial charge in [-0.1, -0.05) is 65.8 Å². The van der Waals surface area contributed by atoms with Crippen LogP contribution in [0.3, 0.4) is 0 Å². The van der Waals surface area contributed by atoms with Gasteiger partial charge in [-0.2, -0.15) is 0 Å². The summed E-state index contributed by atoms with van der Waals surface area (Å²) in [6.07, 6.45) is 3.50. The lowest BCUT2D eigenvalue weighted by Gasteiger charge is -2.22. The lowest BCUT2D eigenvalue weighted by atomic mass is 9.90. The third-order valence-electron chi connectivity index (χ3n) is 6.26. The summed E-state index contributed by atoms with van der Waals surface area (Å²) in [5, 5.41) is 7.18. The van der Waals surface area contributed by atoms with E-state index in [1.165, 1.54) is 6.20 Å². The average molecular weight is 500 g/mol. The fourth-order valence-corrected chi connectivity index (χ4v) is 5.80. The van der Waals surface area contributed by atoms with Gasteiger partial charge in [0.05, 0.1) is 15.5 Å². The maximum absolute atomic E-state index is 13.3. The van der Waals surface area contributed by atoms with Gasteiger partial charge < -0.3 is 15.1 Å². The third-order valence-corrected chi connectivity index (χ3v) is 8.07. The molecule has 1 aliphatic rings. The zero-order chi connectivity index (χ0) is 25.2. The summed E-state index contributed by atoms with van der Waals surface area (Å²) in [6, 6.07) is 25.2. The van der Waals surface area contributed by atoms with Crippen molar-refractivity contribution in [1.82, 2.24) is 10.3 Å². The first-order valence-electron chi connectivity index (χ1n) is 11.5. The van der Waals surface area contributed by atoms with Crippen LogP contribution in [0.4, 0.5) is 0 Å². The Bertz CT molecular complexity index is 1510. The monoisotopic (exact) mass is 499 g/mol. The van der Waals surface area contributed by atoms with Gasteiger partial charge in [0.25, 0.3) is 5.91 Å². The molecule has 1 aromatic heterocycles. The van der Waals surface area contributed by atoms with Crippen molar-refractivity contribution in [2.24, 2.45) is 5.16 Å². The highest BCUT2D eigenvalue weighted by Crippen LogP contribution is 2.40. The number of H-pyrrole nitrogens is 1. The van der Waals surface area contributed by atoms with Crippen molar-refractivity contribution >= 4 is 21.5 Å². The largest absolute Gasteiger partial charge is 0.384 e. The maximum Gasteiger partial charge on any atom is 0.251 e. The standard InChI is InChI=1S/C28H25N3O4S/c1-28(24-18-29-19-26(24)36(33,34)23-10-6-3-7-11-23)16-25(31-35-28)21-12-14-22(15-13-21)27(32)30-17-20-8-4-2-5-9-20/h2-15,18-19,29H,16-17H2,1H3,(H,30,32). The number of hydrogen-bond acceptors (Lipinski definition) is 5. The second-order valence-corrected chi connectivity index (χ2v) is 10.8. The molecular formula is C28H25N3O4S. The number of oxime groups is 1. The van der Waals surface area contributed by atoms with Crippen molar-refractivity contribution in [2.45, 2.75) is 35.3 Å². The smallest absolute Gasteiger partial charge is 0.251 e. The number of aromatic amines is 1. The van der Waals surface area contributed by atoms with Gasteiger partial charge in [0.15, 0.2) is 5.60 Å². The maximum atomic E-state index is 13.3. The minimum Gasteiger partial charge on any atom is -0.384 e. The van der Waals surface area contributed by atoms with Crippen LogP contribution in [-0.4, -0.2) is 25.0 Å². The third kappa shape index (κ3) is 4.55. The molecular weight excluding hydrogens is 474 g/mol. The van der Waals surface area contributed by atoms with Crippen molar-refractivity contribution in [1.29, 1.82) is 0 Å². The molecule has 1 unspecified atom stereocenters. The van der Waals surface area contributed by atoms with E-state index in [1.54, 1.807) is 48.7 Å². The van der Waals surface area contributed by atoms with E-state index in [0.29, 0.717) is 29.8 Å². The molecule has 4 aromatic rings. The zero-order valence-electron chi connectivity index (χ0n) is 19.6. The van der Waals surface area contributed by atoms with Crippen LogP contribution < -0.4 is 5.32 Å². The summed E-state index contributed by atoms with van der Waals surface area (Å²) < 4.78 is 26.5. The molecule has 1 aliphatic heterocycles. The number of carbonyl (C=O) groups excluding carboxylic acids is 1. The summed E-state index contributed by atoms with van der Waals surface area (Å²) >= 11 is 0. The van der Waals surface area contributed by atoms with E-state index in [4.69, 9.17) is 4.84 Å². The van der Waals surface area contributed by atoms with Crippen LogP contribution in [0.15, 0.2) is 112 Å². The number of nitrogens with zero attached hydrogens (tertiary/aromatic N) is 1. The van der Waals surface area contributed by atoms with Gasteiger partial charge in [-0.05, 0) is 42.3 Å². The second kappa shape index (κ2) is 9.47. The van der Waals surface area contributed by atoms with Crippen molar-refractivity contribution in [3.05, 3.63) is 120 Å². The van der Waals surface area contributed by atoms with Crippen LogP contribution in [0, 0.1) is 0 Å². The molecule has 7 nitrogen and oxygen atoms in total. The molecule has 36 heavy (non-hydrogen) atoms. The minimum absolute atomic E-state index is 0.164. The summed E-state index contributed by atoms with van der Waals surface area (Å²) in [5.41, 5.74) is 2.61. The van der Waals surface area contributed by atoms with Crippen LogP contribution in [0.5, 0.6) is 0 Å². The molecule has 182 valence electrons. The number of sulfone groups is 1. The average Bonchev–Trinajstić information content (AvgIpc) is 3.57. The Morgan fingerprint density at radius 1 is 0.972 bits per heavy atom. The Labute approximate surface area is 209 Å². The number of benzene rings is 3. The van der Waals surface area contributed by atoms with E-state index in [0.717, 1.165) is 11.1 Å². The lowest BCUT2D eigenvalue weighted by molar-refractivity contribution is -0.00932. The highest BCUT2D eigenvalue weighted by molar-refractivity contribution is 7.91. The molecule has 0 spiro atoms. The fourth-order valence-electron chi connectivity index (χ4n) is 4.25. The molecule has 1 atom stereocenters. The quantitative estimate of drug-likeness (QED) is 0.381. The van der Waals surface area contributed by atoms with E-state index < -0.39 is 15.4 Å². The highest BCUT2D eigenvalue weighted by atomic mass is 32.2. The van der Waals surface area contributed by atoms with E-state index in [-0.39, 0.29) is 15.7 Å². The summed E-state index contributed by atoms with van der Waals surface area (Å²) in [5.74, 6) is -0.164. The second-order valence-electron chi connectivity index (χ2n) is 8.83. The van der Waals surface area contributed by atoms with Crippen molar-refractivity contribution in [2.75, 3.05) is 0 Å². The molecule has 0 bridgehead atoms. The van der Waals surface area contributed by atoms with Crippen molar-refractivity contribution < 1.29 is 18.0 Å². The van der Waals surface area contributed by atoms with Gasteiger partial charge in [-0.3, -0.25) is 4.79 Å². The van der Waals surface area contributed by atoms with Gasteiger partial charge >= 0.3 is 0 Å². The number of nitrogens with one attached hydrogen (secondary N) is 2.